The summed E-state index contributed by atoms with van der Waals surface area (Å²) in [5.41, 5.74) is 1.73. The molecule has 1 fully saturated rings. The first-order valence-corrected chi connectivity index (χ1v) is 5.58. The number of morpholine rings is 1. The molecule has 84 valence electrons. The number of cyclic esters (lactones) is 1. The van der Waals surface area contributed by atoms with Gasteiger partial charge < -0.3 is 9.47 Å². The monoisotopic (exact) mass is 220 g/mol. The maximum Gasteiger partial charge on any atom is 0.343 e. The second-order valence-corrected chi connectivity index (χ2v) is 4.14. The lowest BCUT2D eigenvalue weighted by molar-refractivity contribution is -0.958. The Hall–Kier alpha value is -1.39. The van der Waals surface area contributed by atoms with Crippen LogP contribution in [0.4, 0.5) is 0 Å². The number of quaternary nitrogens is 1. The number of nitrogens with one attached hydrogen (secondary N) is 1. The molecule has 4 heteroatoms. The van der Waals surface area contributed by atoms with Crippen molar-refractivity contribution in [2.45, 2.75) is 6.23 Å². The van der Waals surface area contributed by atoms with Crippen molar-refractivity contribution < 1.29 is 19.2 Å². The lowest BCUT2D eigenvalue weighted by atomic mass is 10.1. The Morgan fingerprint density at radius 3 is 2.75 bits per heavy atom. The van der Waals surface area contributed by atoms with E-state index in [0.717, 1.165) is 31.9 Å². The highest BCUT2D eigenvalue weighted by molar-refractivity contribution is 5.93. The van der Waals surface area contributed by atoms with E-state index in [1.165, 1.54) is 4.90 Å². The van der Waals surface area contributed by atoms with Crippen LogP contribution >= 0.6 is 0 Å². The predicted molar refractivity (Wildman–Crippen MR) is 56.1 cm³/mol. The number of hydrogen-bond donors (Lipinski definition) is 1. The van der Waals surface area contributed by atoms with Crippen LogP contribution in [0.15, 0.2) is 24.3 Å². The zero-order valence-electron chi connectivity index (χ0n) is 8.94. The summed E-state index contributed by atoms with van der Waals surface area (Å²) in [5.74, 6) is -0.195. The Balaban J connectivity index is 1.90. The Morgan fingerprint density at radius 1 is 1.19 bits per heavy atom. The van der Waals surface area contributed by atoms with Crippen molar-refractivity contribution in [3.05, 3.63) is 35.4 Å². The van der Waals surface area contributed by atoms with Gasteiger partial charge in [0.2, 0.25) is 0 Å². The minimum Gasteiger partial charge on any atom is -0.404 e. The molecule has 2 aliphatic rings. The van der Waals surface area contributed by atoms with Crippen LogP contribution in [0.2, 0.25) is 0 Å². The summed E-state index contributed by atoms with van der Waals surface area (Å²) in [4.78, 5) is 12.9. The molecule has 1 saturated heterocycles. The minimum absolute atomic E-state index is 0.132. The van der Waals surface area contributed by atoms with Gasteiger partial charge in [-0.15, -0.1) is 0 Å². The lowest BCUT2D eigenvalue weighted by Crippen LogP contribution is -3.14. The van der Waals surface area contributed by atoms with Gasteiger partial charge in [0.25, 0.3) is 6.23 Å². The molecule has 0 amide bonds. The molecule has 2 aliphatic heterocycles. The number of fused-ring (bicyclic) bond motifs is 1. The van der Waals surface area contributed by atoms with E-state index in [1.807, 2.05) is 24.3 Å². The number of benzene rings is 1. The van der Waals surface area contributed by atoms with Gasteiger partial charge in [-0.25, -0.2) is 4.79 Å². The second-order valence-electron chi connectivity index (χ2n) is 4.14. The van der Waals surface area contributed by atoms with Gasteiger partial charge in [0.1, 0.15) is 13.1 Å². The van der Waals surface area contributed by atoms with Crippen molar-refractivity contribution in [1.29, 1.82) is 0 Å². The molecule has 16 heavy (non-hydrogen) atoms. The van der Waals surface area contributed by atoms with Crippen LogP contribution in [-0.2, 0) is 9.47 Å². The zero-order chi connectivity index (χ0) is 11.0. The highest BCUT2D eigenvalue weighted by atomic mass is 16.6. The average molecular weight is 220 g/mol. The van der Waals surface area contributed by atoms with Gasteiger partial charge >= 0.3 is 5.97 Å². The molecule has 0 spiro atoms. The molecular weight excluding hydrogens is 206 g/mol. The highest BCUT2D eigenvalue weighted by Gasteiger charge is 2.38. The van der Waals surface area contributed by atoms with Crippen molar-refractivity contribution >= 4 is 5.97 Å². The molecule has 0 saturated carbocycles. The van der Waals surface area contributed by atoms with Crippen molar-refractivity contribution in [2.75, 3.05) is 26.3 Å². The molecule has 0 unspecified atom stereocenters. The van der Waals surface area contributed by atoms with Crippen molar-refractivity contribution in [3.63, 3.8) is 0 Å². The molecule has 0 aliphatic carbocycles. The van der Waals surface area contributed by atoms with Gasteiger partial charge in [-0.05, 0) is 12.1 Å². The third-order valence-corrected chi connectivity index (χ3v) is 3.19. The van der Waals surface area contributed by atoms with Gasteiger partial charge in [-0.2, -0.15) is 0 Å². The van der Waals surface area contributed by atoms with E-state index < -0.39 is 0 Å². The summed E-state index contributed by atoms with van der Waals surface area (Å²) in [5, 5.41) is 0. The van der Waals surface area contributed by atoms with Crippen LogP contribution in [0.3, 0.4) is 0 Å². The van der Waals surface area contributed by atoms with Crippen LogP contribution in [0.25, 0.3) is 0 Å². The number of ether oxygens (including phenoxy) is 2. The molecular formula is C12H14NO3+. The summed E-state index contributed by atoms with van der Waals surface area (Å²) >= 11 is 0. The fourth-order valence-electron chi connectivity index (χ4n) is 2.34. The van der Waals surface area contributed by atoms with Crippen LogP contribution in [0.1, 0.15) is 22.1 Å². The fraction of sp³-hybridized carbons (Fsp3) is 0.417. The first-order chi connectivity index (χ1) is 7.86. The molecule has 1 aromatic rings. The second kappa shape index (κ2) is 3.88. The highest BCUT2D eigenvalue weighted by Crippen LogP contribution is 2.26. The summed E-state index contributed by atoms with van der Waals surface area (Å²) in [6, 6.07) is 7.63. The van der Waals surface area contributed by atoms with E-state index in [4.69, 9.17) is 9.47 Å². The van der Waals surface area contributed by atoms with Gasteiger partial charge in [0.05, 0.1) is 24.3 Å². The summed E-state index contributed by atoms with van der Waals surface area (Å²) in [7, 11) is 0. The van der Waals surface area contributed by atoms with E-state index in [2.05, 4.69) is 0 Å². The molecule has 0 bridgehead atoms. The van der Waals surface area contributed by atoms with Crippen molar-refractivity contribution in [1.82, 2.24) is 0 Å². The summed E-state index contributed by atoms with van der Waals surface area (Å²) < 4.78 is 10.8. The summed E-state index contributed by atoms with van der Waals surface area (Å²) in [6.07, 6.45) is -0.132. The lowest BCUT2D eigenvalue weighted by Gasteiger charge is -2.27. The molecule has 0 aromatic heterocycles. The first kappa shape index (κ1) is 9.81. The van der Waals surface area contributed by atoms with E-state index in [9.17, 15) is 4.79 Å². The Morgan fingerprint density at radius 2 is 1.94 bits per heavy atom. The van der Waals surface area contributed by atoms with Gasteiger partial charge in [0, 0.05) is 0 Å². The van der Waals surface area contributed by atoms with Gasteiger partial charge in [-0.1, -0.05) is 12.1 Å². The van der Waals surface area contributed by atoms with Crippen LogP contribution in [0.5, 0.6) is 0 Å². The predicted octanol–water partition coefficient (Wildman–Crippen LogP) is -0.229. The van der Waals surface area contributed by atoms with Crippen LogP contribution in [0, 0.1) is 0 Å². The third-order valence-electron chi connectivity index (χ3n) is 3.19. The Labute approximate surface area is 93.8 Å². The first-order valence-electron chi connectivity index (χ1n) is 5.58. The molecule has 1 N–H and O–H groups in total. The SMILES string of the molecule is O=C1O[C@@H]([NH+]2CCOCC2)c2ccccc21. The van der Waals surface area contributed by atoms with Crippen molar-refractivity contribution in [2.24, 2.45) is 0 Å². The number of carbonyl (C=O) groups is 1. The quantitative estimate of drug-likeness (QED) is 0.665. The number of carbonyl (C=O) groups excluding carboxylic acids is 1. The minimum atomic E-state index is -0.195. The fourth-order valence-corrected chi connectivity index (χ4v) is 2.34. The molecule has 4 nitrogen and oxygen atoms in total. The average Bonchev–Trinajstić information content (AvgIpc) is 2.69. The largest absolute Gasteiger partial charge is 0.404 e. The smallest absolute Gasteiger partial charge is 0.343 e. The van der Waals surface area contributed by atoms with Gasteiger partial charge in [0.15, 0.2) is 0 Å². The molecule has 1 aromatic carbocycles. The molecule has 2 heterocycles. The Bertz CT molecular complexity index is 412. The molecule has 3 rings (SSSR count). The number of esters is 1. The normalized spacial score (nSPS) is 25.2. The molecule has 0 radical (unpaired) electrons. The third kappa shape index (κ3) is 1.50. The standard InChI is InChI=1S/C12H13NO3/c14-12-10-4-2-1-3-9(10)11(16-12)13-5-7-15-8-6-13/h1-4,11H,5-8H2/p+1/t11-/m1/s1. The van der Waals surface area contributed by atoms with E-state index >= 15 is 0 Å². The van der Waals surface area contributed by atoms with Crippen LogP contribution in [-0.4, -0.2) is 32.3 Å². The summed E-state index contributed by atoms with van der Waals surface area (Å²) in [6.45, 7) is 3.27. The van der Waals surface area contributed by atoms with Crippen LogP contribution < -0.4 is 4.90 Å². The molecule has 1 atom stereocenters. The zero-order valence-corrected chi connectivity index (χ0v) is 8.94. The maximum absolute atomic E-state index is 11.7. The number of rotatable bonds is 1. The maximum atomic E-state index is 11.7. The Kier molecular flexibility index (Phi) is 2.38. The topological polar surface area (TPSA) is 40.0 Å². The van der Waals surface area contributed by atoms with E-state index in [-0.39, 0.29) is 12.2 Å². The van der Waals surface area contributed by atoms with E-state index in [1.54, 1.807) is 0 Å². The van der Waals surface area contributed by atoms with Crippen molar-refractivity contribution in [3.8, 4) is 0 Å². The number of hydrogen-bond acceptors (Lipinski definition) is 3. The van der Waals surface area contributed by atoms with E-state index in [0.29, 0.717) is 5.56 Å². The van der Waals surface area contributed by atoms with Gasteiger partial charge in [-0.3, -0.25) is 4.90 Å².